The van der Waals surface area contributed by atoms with Gasteiger partial charge in [0.15, 0.2) is 5.96 Å². The highest BCUT2D eigenvalue weighted by atomic mass is 16.5. The fourth-order valence-corrected chi connectivity index (χ4v) is 4.39. The van der Waals surface area contributed by atoms with E-state index in [-0.39, 0.29) is 24.7 Å². The van der Waals surface area contributed by atoms with Gasteiger partial charge in [-0.1, -0.05) is 60.7 Å². The fraction of sp³-hybridized carbons (Fsp3) is 0.333. The molecule has 0 radical (unpaired) electrons. The van der Waals surface area contributed by atoms with Gasteiger partial charge in [-0.25, -0.2) is 9.79 Å². The highest BCUT2D eigenvalue weighted by molar-refractivity contribution is 5.95. The van der Waals surface area contributed by atoms with E-state index >= 15 is 0 Å². The first kappa shape index (κ1) is 19.2. The molecule has 0 aliphatic carbocycles. The van der Waals surface area contributed by atoms with Crippen molar-refractivity contribution >= 4 is 11.9 Å². The number of rotatable bonds is 6. The summed E-state index contributed by atoms with van der Waals surface area (Å²) >= 11 is 0. The Morgan fingerprint density at radius 1 is 1.07 bits per heavy atom. The number of fused-ring (bicyclic) bond motifs is 1. The van der Waals surface area contributed by atoms with Crippen molar-refractivity contribution in [3.63, 3.8) is 0 Å². The molecule has 2 N–H and O–H groups in total. The van der Waals surface area contributed by atoms with Crippen molar-refractivity contribution in [1.82, 2.24) is 4.90 Å². The first-order valence-corrected chi connectivity index (χ1v) is 10.2. The van der Waals surface area contributed by atoms with Crippen LogP contribution in [0.3, 0.4) is 0 Å². The number of hydrogen-bond donors (Lipinski definition) is 1. The summed E-state index contributed by atoms with van der Waals surface area (Å²) in [7, 11) is 0. The number of aliphatic imine (C=N–C) groups is 1. The highest BCUT2D eigenvalue weighted by Gasteiger charge is 2.42. The third-order valence-corrected chi connectivity index (χ3v) is 5.81. The Bertz CT molecular complexity index is 922. The predicted octanol–water partition coefficient (Wildman–Crippen LogP) is 3.80. The molecule has 2 aliphatic heterocycles. The molecule has 29 heavy (non-hydrogen) atoms. The molecule has 0 saturated carbocycles. The zero-order chi connectivity index (χ0) is 20.2. The number of aryl methyl sites for hydroxylation is 1. The molecule has 5 heteroatoms. The molecule has 1 fully saturated rings. The zero-order valence-corrected chi connectivity index (χ0v) is 16.8. The van der Waals surface area contributed by atoms with E-state index in [4.69, 9.17) is 10.5 Å². The highest BCUT2D eigenvalue weighted by Crippen LogP contribution is 2.36. The van der Waals surface area contributed by atoms with Gasteiger partial charge >= 0.3 is 5.97 Å². The van der Waals surface area contributed by atoms with Gasteiger partial charge in [0.25, 0.3) is 0 Å². The zero-order valence-electron chi connectivity index (χ0n) is 16.8. The van der Waals surface area contributed by atoms with E-state index in [1.807, 2.05) is 43.3 Å². The predicted molar refractivity (Wildman–Crippen MR) is 114 cm³/mol. The van der Waals surface area contributed by atoms with E-state index in [0.717, 1.165) is 31.2 Å². The van der Waals surface area contributed by atoms with Crippen LogP contribution in [-0.2, 0) is 22.6 Å². The molecule has 2 aromatic rings. The van der Waals surface area contributed by atoms with Gasteiger partial charge < -0.3 is 15.4 Å². The Morgan fingerprint density at radius 2 is 1.72 bits per heavy atom. The van der Waals surface area contributed by atoms with Crippen LogP contribution in [0.2, 0.25) is 0 Å². The van der Waals surface area contributed by atoms with Gasteiger partial charge in [-0.2, -0.15) is 0 Å². The van der Waals surface area contributed by atoms with E-state index in [1.54, 1.807) is 0 Å². The Balaban J connectivity index is 1.45. The monoisotopic (exact) mass is 389 g/mol. The van der Waals surface area contributed by atoms with Crippen LogP contribution in [0, 0.1) is 0 Å². The second-order valence-electron chi connectivity index (χ2n) is 7.71. The van der Waals surface area contributed by atoms with Crippen molar-refractivity contribution < 1.29 is 9.53 Å². The van der Waals surface area contributed by atoms with E-state index in [2.05, 4.69) is 34.2 Å². The summed E-state index contributed by atoms with van der Waals surface area (Å²) in [6, 6.07) is 20.4. The average molecular weight is 389 g/mol. The first-order chi connectivity index (χ1) is 14.1. The maximum atomic E-state index is 12.9. The van der Waals surface area contributed by atoms with Crippen LogP contribution in [-0.4, -0.2) is 28.9 Å². The molecule has 4 rings (SSSR count). The lowest BCUT2D eigenvalue weighted by Crippen LogP contribution is -2.49. The van der Waals surface area contributed by atoms with Crippen LogP contribution in [0.15, 0.2) is 76.9 Å². The largest absolute Gasteiger partial charge is 0.457 e. The minimum absolute atomic E-state index is 0.0449. The second kappa shape index (κ2) is 8.52. The molecule has 1 saturated heterocycles. The molecule has 0 amide bonds. The fourth-order valence-electron chi connectivity index (χ4n) is 4.39. The van der Waals surface area contributed by atoms with Crippen LogP contribution in [0.1, 0.15) is 37.3 Å². The number of ether oxygens (including phenoxy) is 1. The number of hydrogen-bond acceptors (Lipinski definition) is 5. The molecule has 2 aromatic carbocycles. The number of esters is 1. The summed E-state index contributed by atoms with van der Waals surface area (Å²) in [5, 5.41) is 0. The van der Waals surface area contributed by atoms with Crippen molar-refractivity contribution in [3.05, 3.63) is 83.1 Å². The summed E-state index contributed by atoms with van der Waals surface area (Å²) < 4.78 is 5.61. The van der Waals surface area contributed by atoms with Crippen LogP contribution in [0.5, 0.6) is 0 Å². The molecular weight excluding hydrogens is 362 g/mol. The summed E-state index contributed by atoms with van der Waals surface area (Å²) in [4.78, 5) is 19.5. The number of carbonyl (C=O) groups excluding carboxylic acids is 1. The quantitative estimate of drug-likeness (QED) is 0.763. The van der Waals surface area contributed by atoms with Crippen LogP contribution >= 0.6 is 0 Å². The lowest BCUT2D eigenvalue weighted by atomic mass is 10.0. The molecule has 0 unspecified atom stereocenters. The molecule has 2 aliphatic rings. The number of allylic oxidation sites excluding steroid dienone is 1. The van der Waals surface area contributed by atoms with Crippen molar-refractivity contribution in [1.29, 1.82) is 0 Å². The lowest BCUT2D eigenvalue weighted by molar-refractivity contribution is -0.141. The Morgan fingerprint density at radius 3 is 2.41 bits per heavy atom. The maximum absolute atomic E-state index is 12.9. The number of guanidine groups is 1. The summed E-state index contributed by atoms with van der Waals surface area (Å²) in [6.07, 6.45) is 3.86. The van der Waals surface area contributed by atoms with Gasteiger partial charge in [-0.3, -0.25) is 0 Å². The summed E-state index contributed by atoms with van der Waals surface area (Å²) in [6.45, 7) is 2.11. The van der Waals surface area contributed by atoms with Crippen LogP contribution in [0.25, 0.3) is 0 Å². The van der Waals surface area contributed by atoms with Gasteiger partial charge in [-0.05, 0) is 43.7 Å². The van der Waals surface area contributed by atoms with Crippen molar-refractivity contribution in [2.75, 3.05) is 0 Å². The Kier molecular flexibility index (Phi) is 5.65. The first-order valence-electron chi connectivity index (χ1n) is 10.2. The second-order valence-corrected chi connectivity index (χ2v) is 7.71. The minimum atomic E-state index is -0.290. The molecule has 0 bridgehead atoms. The standard InChI is InChI=1S/C24H27N3O2/c1-17-22(23(28)29-16-19-10-6-3-7-11-19)21-15-14-20(27(21)24(25)26-17)13-12-18-8-4-2-5-9-18/h2-11,20-21H,12-16H2,1H3,(H2,25,26)/t20-,21+/m0/s1. The van der Waals surface area contributed by atoms with E-state index in [1.165, 1.54) is 5.56 Å². The SMILES string of the molecule is CC1=C(C(=O)OCc2ccccc2)[C@H]2CC[C@H](CCc3ccccc3)N2C(N)=N1. The van der Waals surface area contributed by atoms with Crippen molar-refractivity contribution in [2.24, 2.45) is 10.7 Å². The smallest absolute Gasteiger partial charge is 0.338 e. The Labute approximate surface area is 171 Å². The minimum Gasteiger partial charge on any atom is -0.457 e. The van der Waals surface area contributed by atoms with Crippen molar-refractivity contribution in [3.8, 4) is 0 Å². The van der Waals surface area contributed by atoms with Gasteiger partial charge in [0, 0.05) is 6.04 Å². The molecule has 2 heterocycles. The number of nitrogens with two attached hydrogens (primary N) is 1. The third kappa shape index (κ3) is 4.19. The van der Waals surface area contributed by atoms with E-state index in [9.17, 15) is 4.79 Å². The summed E-state index contributed by atoms with van der Waals surface area (Å²) in [5.74, 6) is 0.226. The van der Waals surface area contributed by atoms with E-state index < -0.39 is 0 Å². The van der Waals surface area contributed by atoms with Gasteiger partial charge in [0.05, 0.1) is 17.3 Å². The van der Waals surface area contributed by atoms with Crippen molar-refractivity contribution in [2.45, 2.75) is 51.3 Å². The normalized spacial score (nSPS) is 21.0. The van der Waals surface area contributed by atoms with Crippen LogP contribution in [0.4, 0.5) is 0 Å². The molecule has 5 nitrogen and oxygen atoms in total. The number of benzene rings is 2. The van der Waals surface area contributed by atoms with E-state index in [0.29, 0.717) is 17.2 Å². The average Bonchev–Trinajstić information content (AvgIpc) is 3.16. The number of carbonyl (C=O) groups is 1. The van der Waals surface area contributed by atoms with Gasteiger partial charge in [0.1, 0.15) is 6.61 Å². The molecule has 150 valence electrons. The van der Waals surface area contributed by atoms with Gasteiger partial charge in [0.2, 0.25) is 0 Å². The third-order valence-electron chi connectivity index (χ3n) is 5.81. The van der Waals surface area contributed by atoms with Crippen LogP contribution < -0.4 is 5.73 Å². The molecule has 0 spiro atoms. The summed E-state index contributed by atoms with van der Waals surface area (Å²) in [5.41, 5.74) is 9.90. The molecular formula is C24H27N3O2. The maximum Gasteiger partial charge on any atom is 0.338 e. The molecule has 2 atom stereocenters. The number of nitrogens with zero attached hydrogens (tertiary/aromatic N) is 2. The lowest BCUT2D eigenvalue weighted by Gasteiger charge is -2.35. The van der Waals surface area contributed by atoms with Gasteiger partial charge in [-0.15, -0.1) is 0 Å². The Hall–Kier alpha value is -3.08. The molecule has 0 aromatic heterocycles. The topological polar surface area (TPSA) is 67.9 Å².